The minimum absolute atomic E-state index is 0.0395. The number of benzene rings is 3. The van der Waals surface area contributed by atoms with E-state index in [1.165, 1.54) is 18.1 Å². The van der Waals surface area contributed by atoms with Crippen LogP contribution < -0.4 is 9.47 Å². The smallest absolute Gasteiger partial charge is 0.295 e. The first-order valence-corrected chi connectivity index (χ1v) is 10.9. The molecule has 174 valence electrons. The summed E-state index contributed by atoms with van der Waals surface area (Å²) >= 11 is 0. The maximum absolute atomic E-state index is 13.2. The fourth-order valence-corrected chi connectivity index (χ4v) is 4.09. The van der Waals surface area contributed by atoms with Crippen LogP contribution in [0.2, 0.25) is 0 Å². The van der Waals surface area contributed by atoms with Crippen molar-refractivity contribution in [3.63, 3.8) is 0 Å². The molecule has 1 amide bonds. The van der Waals surface area contributed by atoms with Crippen LogP contribution in [-0.4, -0.2) is 40.5 Å². The van der Waals surface area contributed by atoms with E-state index < -0.39 is 17.7 Å². The number of methoxy groups -OCH3 is 1. The summed E-state index contributed by atoms with van der Waals surface area (Å²) in [5.41, 5.74) is 1.67. The summed E-state index contributed by atoms with van der Waals surface area (Å²) in [5.74, 6) is -1.15. The monoisotopic (exact) mass is 459 g/mol. The predicted molar refractivity (Wildman–Crippen MR) is 127 cm³/mol. The van der Waals surface area contributed by atoms with E-state index in [1.54, 1.807) is 36.4 Å². The van der Waals surface area contributed by atoms with Crippen molar-refractivity contribution in [2.24, 2.45) is 0 Å². The van der Waals surface area contributed by atoms with Crippen molar-refractivity contribution in [2.45, 2.75) is 19.5 Å². The Labute approximate surface area is 197 Å². The molecule has 0 aliphatic carbocycles. The lowest BCUT2D eigenvalue weighted by Gasteiger charge is -2.26. The van der Waals surface area contributed by atoms with Crippen LogP contribution in [0.15, 0.2) is 78.4 Å². The molecule has 0 spiro atoms. The Balaban J connectivity index is 1.88. The number of phenols is 1. The first kappa shape index (κ1) is 22.9. The zero-order valence-electron chi connectivity index (χ0n) is 18.9. The number of amides is 1. The number of aliphatic hydroxyl groups excluding tert-OH is 1. The van der Waals surface area contributed by atoms with E-state index in [1.807, 2.05) is 37.3 Å². The molecule has 1 aliphatic rings. The van der Waals surface area contributed by atoms with Crippen LogP contribution in [0.3, 0.4) is 0 Å². The number of aromatic hydroxyl groups is 1. The highest BCUT2D eigenvalue weighted by Crippen LogP contribution is 2.42. The second kappa shape index (κ2) is 9.70. The van der Waals surface area contributed by atoms with Gasteiger partial charge in [-0.2, -0.15) is 0 Å². The highest BCUT2D eigenvalue weighted by molar-refractivity contribution is 6.46. The van der Waals surface area contributed by atoms with Gasteiger partial charge in [0.1, 0.15) is 11.5 Å². The third kappa shape index (κ3) is 4.32. The summed E-state index contributed by atoms with van der Waals surface area (Å²) in [6, 6.07) is 19.7. The van der Waals surface area contributed by atoms with Gasteiger partial charge in [0.25, 0.3) is 11.7 Å². The van der Waals surface area contributed by atoms with E-state index in [2.05, 4.69) is 0 Å². The van der Waals surface area contributed by atoms with E-state index in [0.717, 1.165) is 5.56 Å². The fourth-order valence-electron chi connectivity index (χ4n) is 4.09. The molecule has 34 heavy (non-hydrogen) atoms. The predicted octanol–water partition coefficient (Wildman–Crippen LogP) is 4.42. The quantitative estimate of drug-likeness (QED) is 0.308. The zero-order valence-corrected chi connectivity index (χ0v) is 18.9. The molecule has 7 heteroatoms. The molecule has 3 aromatic carbocycles. The lowest BCUT2D eigenvalue weighted by molar-refractivity contribution is -0.140. The normalized spacial score (nSPS) is 17.1. The van der Waals surface area contributed by atoms with Crippen molar-refractivity contribution in [1.82, 2.24) is 4.90 Å². The summed E-state index contributed by atoms with van der Waals surface area (Å²) in [6.07, 6.45) is 0. The van der Waals surface area contributed by atoms with E-state index in [4.69, 9.17) is 9.47 Å². The van der Waals surface area contributed by atoms with Crippen LogP contribution in [0.1, 0.15) is 29.7 Å². The molecule has 1 aliphatic heterocycles. The number of ketones is 1. The number of carbonyl (C=O) groups excluding carboxylic acids is 2. The molecular formula is C27H25NO6. The summed E-state index contributed by atoms with van der Waals surface area (Å²) < 4.78 is 10.8. The van der Waals surface area contributed by atoms with Gasteiger partial charge in [-0.15, -0.1) is 0 Å². The number of aliphatic hydroxyl groups is 1. The number of Topliss-reactive ketones (excluding diaryl/α,β-unsaturated/α-hetero) is 1. The summed E-state index contributed by atoms with van der Waals surface area (Å²) in [7, 11) is 1.42. The maximum atomic E-state index is 13.2. The summed E-state index contributed by atoms with van der Waals surface area (Å²) in [6.45, 7) is 2.45. The van der Waals surface area contributed by atoms with E-state index in [-0.39, 0.29) is 29.4 Å². The standard InChI is InChI=1S/C27H25NO6/c1-3-34-20-11-7-10-19(14-20)25(30)23-24(18-12-13-21(29)22(15-18)33-2)28(27(32)26(23)31)16-17-8-5-4-6-9-17/h4-15,24,29-30H,3,16H2,1-2H3/b25-23+. The van der Waals surface area contributed by atoms with Crippen LogP contribution in [0.4, 0.5) is 0 Å². The number of hydrogen-bond acceptors (Lipinski definition) is 6. The Morgan fingerprint density at radius 2 is 1.76 bits per heavy atom. The molecule has 0 bridgehead atoms. The van der Waals surface area contributed by atoms with Gasteiger partial charge in [0.05, 0.1) is 25.3 Å². The Morgan fingerprint density at radius 3 is 2.47 bits per heavy atom. The van der Waals surface area contributed by atoms with Gasteiger partial charge < -0.3 is 24.6 Å². The lowest BCUT2D eigenvalue weighted by atomic mass is 9.94. The number of rotatable bonds is 7. The van der Waals surface area contributed by atoms with Crippen molar-refractivity contribution in [1.29, 1.82) is 0 Å². The molecule has 0 saturated carbocycles. The number of nitrogens with zero attached hydrogens (tertiary/aromatic N) is 1. The molecule has 3 aromatic rings. The minimum atomic E-state index is -0.884. The van der Waals surface area contributed by atoms with E-state index in [0.29, 0.717) is 23.5 Å². The Hall–Kier alpha value is -4.26. The minimum Gasteiger partial charge on any atom is -0.507 e. The van der Waals surface area contributed by atoms with Gasteiger partial charge in [-0.3, -0.25) is 9.59 Å². The molecule has 1 saturated heterocycles. The summed E-state index contributed by atoms with van der Waals surface area (Å²) in [4.78, 5) is 27.8. The third-order valence-electron chi connectivity index (χ3n) is 5.67. The van der Waals surface area contributed by atoms with Crippen molar-refractivity contribution in [3.8, 4) is 17.2 Å². The number of carbonyl (C=O) groups is 2. The zero-order chi connectivity index (χ0) is 24.2. The highest BCUT2D eigenvalue weighted by Gasteiger charge is 2.46. The lowest BCUT2D eigenvalue weighted by Crippen LogP contribution is -2.29. The molecular weight excluding hydrogens is 434 g/mol. The van der Waals surface area contributed by atoms with Crippen molar-refractivity contribution in [3.05, 3.63) is 95.1 Å². The van der Waals surface area contributed by atoms with Gasteiger partial charge in [-0.1, -0.05) is 48.5 Å². The molecule has 2 N–H and O–H groups in total. The third-order valence-corrected chi connectivity index (χ3v) is 5.67. The fraction of sp³-hybridized carbons (Fsp3) is 0.185. The van der Waals surface area contributed by atoms with Gasteiger partial charge in [0.2, 0.25) is 0 Å². The highest BCUT2D eigenvalue weighted by atomic mass is 16.5. The van der Waals surface area contributed by atoms with Crippen LogP contribution in [0.25, 0.3) is 5.76 Å². The molecule has 0 radical (unpaired) electrons. The van der Waals surface area contributed by atoms with Gasteiger partial charge in [-0.25, -0.2) is 0 Å². The molecule has 1 unspecified atom stereocenters. The number of likely N-dealkylation sites (tertiary alicyclic amines) is 1. The number of ether oxygens (including phenoxy) is 2. The largest absolute Gasteiger partial charge is 0.507 e. The molecule has 1 heterocycles. The van der Waals surface area contributed by atoms with Crippen LogP contribution in [-0.2, 0) is 16.1 Å². The van der Waals surface area contributed by atoms with E-state index in [9.17, 15) is 19.8 Å². The average Bonchev–Trinajstić information content (AvgIpc) is 3.10. The number of hydrogen-bond donors (Lipinski definition) is 2. The molecule has 7 nitrogen and oxygen atoms in total. The molecule has 1 atom stereocenters. The average molecular weight is 459 g/mol. The molecule has 4 rings (SSSR count). The number of phenolic OH excluding ortho intramolecular Hbond substituents is 1. The van der Waals surface area contributed by atoms with Crippen molar-refractivity contribution >= 4 is 17.4 Å². The van der Waals surface area contributed by atoms with Crippen LogP contribution in [0.5, 0.6) is 17.2 Å². The van der Waals surface area contributed by atoms with Crippen LogP contribution >= 0.6 is 0 Å². The first-order valence-electron chi connectivity index (χ1n) is 10.9. The van der Waals surface area contributed by atoms with Crippen molar-refractivity contribution < 1.29 is 29.3 Å². The van der Waals surface area contributed by atoms with Gasteiger partial charge >= 0.3 is 0 Å². The van der Waals surface area contributed by atoms with Gasteiger partial charge in [0, 0.05) is 12.1 Å². The summed E-state index contributed by atoms with van der Waals surface area (Å²) in [5, 5.41) is 21.3. The first-order chi connectivity index (χ1) is 16.4. The SMILES string of the molecule is CCOc1cccc(/C(O)=C2\C(=O)C(=O)N(Cc3ccccc3)C2c2ccc(O)c(OC)c2)c1. The van der Waals surface area contributed by atoms with Crippen LogP contribution in [0, 0.1) is 0 Å². The second-order valence-electron chi connectivity index (χ2n) is 7.80. The maximum Gasteiger partial charge on any atom is 0.295 e. The van der Waals surface area contributed by atoms with E-state index >= 15 is 0 Å². The van der Waals surface area contributed by atoms with Gasteiger partial charge in [-0.05, 0) is 42.3 Å². The van der Waals surface area contributed by atoms with Crippen molar-refractivity contribution in [2.75, 3.05) is 13.7 Å². The molecule has 1 fully saturated rings. The Bertz CT molecular complexity index is 1250. The molecule has 0 aromatic heterocycles. The topological polar surface area (TPSA) is 96.3 Å². The Morgan fingerprint density at radius 1 is 1.00 bits per heavy atom. The second-order valence-corrected chi connectivity index (χ2v) is 7.80. The van der Waals surface area contributed by atoms with Gasteiger partial charge in [0.15, 0.2) is 11.5 Å². The Kier molecular flexibility index (Phi) is 6.54.